The average molecular weight is 211 g/mol. The molecule has 0 saturated carbocycles. The summed E-state index contributed by atoms with van der Waals surface area (Å²) in [6.45, 7) is 0. The van der Waals surface area contributed by atoms with Crippen LogP contribution in [0.5, 0.6) is 0 Å². The molecule has 5 heteroatoms. The van der Waals surface area contributed by atoms with E-state index >= 15 is 0 Å². The van der Waals surface area contributed by atoms with Gasteiger partial charge in [-0.05, 0) is 6.07 Å². The zero-order valence-corrected chi connectivity index (χ0v) is 8.41. The Bertz CT molecular complexity index is 629. The zero-order chi connectivity index (χ0) is 11.0. The van der Waals surface area contributed by atoms with E-state index in [0.717, 1.165) is 16.8 Å². The fourth-order valence-corrected chi connectivity index (χ4v) is 1.64. The van der Waals surface area contributed by atoms with Crippen LogP contribution in [0.1, 0.15) is 0 Å². The van der Waals surface area contributed by atoms with Gasteiger partial charge in [0.25, 0.3) is 0 Å². The number of hydrogen-bond acceptors (Lipinski definition) is 4. The summed E-state index contributed by atoms with van der Waals surface area (Å²) in [7, 11) is 0. The van der Waals surface area contributed by atoms with E-state index in [-0.39, 0.29) is 0 Å². The molecule has 0 aliphatic rings. The van der Waals surface area contributed by atoms with Gasteiger partial charge in [-0.3, -0.25) is 4.98 Å². The highest BCUT2D eigenvalue weighted by atomic mass is 15.3. The van der Waals surface area contributed by atoms with E-state index in [1.54, 1.807) is 29.3 Å². The fourth-order valence-electron chi connectivity index (χ4n) is 1.64. The molecule has 3 aromatic heterocycles. The van der Waals surface area contributed by atoms with E-state index in [2.05, 4.69) is 15.1 Å². The number of rotatable bonds is 1. The lowest BCUT2D eigenvalue weighted by Crippen LogP contribution is -2.02. The van der Waals surface area contributed by atoms with Crippen LogP contribution in [0, 0.1) is 0 Å². The molecule has 3 heterocycles. The van der Waals surface area contributed by atoms with Crippen molar-refractivity contribution in [2.45, 2.75) is 0 Å². The van der Waals surface area contributed by atoms with Crippen molar-refractivity contribution in [1.29, 1.82) is 0 Å². The Labute approximate surface area is 91.6 Å². The molecule has 3 rings (SSSR count). The van der Waals surface area contributed by atoms with Crippen molar-refractivity contribution < 1.29 is 0 Å². The summed E-state index contributed by atoms with van der Waals surface area (Å²) in [6.07, 6.45) is 6.89. The number of anilines is 1. The predicted molar refractivity (Wildman–Crippen MR) is 60.6 cm³/mol. The average Bonchev–Trinajstić information content (AvgIpc) is 2.80. The maximum absolute atomic E-state index is 6.03. The number of nitrogen functional groups attached to an aromatic ring is 1. The van der Waals surface area contributed by atoms with Crippen LogP contribution in [-0.4, -0.2) is 19.6 Å². The second-order valence-corrected chi connectivity index (χ2v) is 3.40. The van der Waals surface area contributed by atoms with Crippen molar-refractivity contribution >= 4 is 11.5 Å². The van der Waals surface area contributed by atoms with Crippen LogP contribution in [0.3, 0.4) is 0 Å². The van der Waals surface area contributed by atoms with Gasteiger partial charge in [-0.2, -0.15) is 9.61 Å². The van der Waals surface area contributed by atoms with E-state index < -0.39 is 0 Å². The molecule has 0 aliphatic carbocycles. The molecule has 0 fully saturated rings. The van der Waals surface area contributed by atoms with Crippen LogP contribution in [0.15, 0.2) is 43.0 Å². The molecule has 16 heavy (non-hydrogen) atoms. The quantitative estimate of drug-likeness (QED) is 0.660. The minimum atomic E-state index is 0.572. The van der Waals surface area contributed by atoms with Gasteiger partial charge in [-0.25, -0.2) is 4.98 Å². The molecule has 0 aromatic carbocycles. The van der Waals surface area contributed by atoms with Crippen LogP contribution in [0.4, 0.5) is 5.82 Å². The number of hydrogen-bond donors (Lipinski definition) is 1. The first-order valence-corrected chi connectivity index (χ1v) is 4.85. The molecule has 0 amide bonds. The number of aromatic nitrogens is 4. The molecular weight excluding hydrogens is 202 g/mol. The van der Waals surface area contributed by atoms with Gasteiger partial charge >= 0.3 is 0 Å². The third-order valence-corrected chi connectivity index (χ3v) is 2.43. The lowest BCUT2D eigenvalue weighted by atomic mass is 10.1. The van der Waals surface area contributed by atoms with E-state index in [9.17, 15) is 0 Å². The standard InChI is InChI=1S/C11H9N5/c12-11-9(8-2-1-4-13-6-8)7-14-10-3-5-15-16(10)11/h1-7H,12H2. The summed E-state index contributed by atoms with van der Waals surface area (Å²) in [6, 6.07) is 5.61. The molecule has 2 N–H and O–H groups in total. The topological polar surface area (TPSA) is 69.1 Å². The van der Waals surface area contributed by atoms with Gasteiger partial charge in [0.2, 0.25) is 0 Å². The van der Waals surface area contributed by atoms with Gasteiger partial charge in [0.05, 0.1) is 6.20 Å². The zero-order valence-electron chi connectivity index (χ0n) is 8.41. The summed E-state index contributed by atoms with van der Waals surface area (Å²) in [4.78, 5) is 8.33. The van der Waals surface area contributed by atoms with Crippen molar-refractivity contribution in [2.24, 2.45) is 0 Å². The van der Waals surface area contributed by atoms with Crippen molar-refractivity contribution in [2.75, 3.05) is 5.73 Å². The first kappa shape index (κ1) is 8.84. The third-order valence-electron chi connectivity index (χ3n) is 2.43. The molecule has 78 valence electrons. The van der Waals surface area contributed by atoms with Crippen LogP contribution >= 0.6 is 0 Å². The van der Waals surface area contributed by atoms with Crippen LogP contribution in [0.2, 0.25) is 0 Å². The van der Waals surface area contributed by atoms with Gasteiger partial charge in [-0.1, -0.05) is 6.07 Å². The molecule has 3 aromatic rings. The Hall–Kier alpha value is -2.43. The highest BCUT2D eigenvalue weighted by Crippen LogP contribution is 2.23. The molecule has 0 spiro atoms. The normalized spacial score (nSPS) is 10.8. The van der Waals surface area contributed by atoms with Gasteiger partial charge in [-0.15, -0.1) is 0 Å². The molecule has 5 nitrogen and oxygen atoms in total. The van der Waals surface area contributed by atoms with Crippen molar-refractivity contribution in [3.63, 3.8) is 0 Å². The highest BCUT2D eigenvalue weighted by Gasteiger charge is 2.07. The summed E-state index contributed by atoms with van der Waals surface area (Å²) in [5.41, 5.74) is 8.54. The summed E-state index contributed by atoms with van der Waals surface area (Å²) < 4.78 is 1.61. The number of fused-ring (bicyclic) bond motifs is 1. The van der Waals surface area contributed by atoms with Gasteiger partial charge < -0.3 is 5.73 Å². The van der Waals surface area contributed by atoms with Crippen LogP contribution in [-0.2, 0) is 0 Å². The second-order valence-electron chi connectivity index (χ2n) is 3.40. The smallest absolute Gasteiger partial charge is 0.157 e. The molecule has 0 unspecified atom stereocenters. The third kappa shape index (κ3) is 1.22. The number of nitrogens with two attached hydrogens (primary N) is 1. The monoisotopic (exact) mass is 211 g/mol. The molecule has 0 radical (unpaired) electrons. The maximum Gasteiger partial charge on any atom is 0.157 e. The second kappa shape index (κ2) is 3.30. The van der Waals surface area contributed by atoms with Gasteiger partial charge in [0, 0.05) is 35.8 Å². The summed E-state index contributed by atoms with van der Waals surface area (Å²) in [5.74, 6) is 0.572. The molecule has 0 aliphatic heterocycles. The molecule has 0 atom stereocenters. The summed E-state index contributed by atoms with van der Waals surface area (Å²) >= 11 is 0. The molecule has 0 saturated heterocycles. The van der Waals surface area contributed by atoms with E-state index in [1.807, 2.05) is 18.2 Å². The number of pyridine rings is 1. The Morgan fingerprint density at radius 3 is 2.88 bits per heavy atom. The van der Waals surface area contributed by atoms with Crippen molar-refractivity contribution in [1.82, 2.24) is 19.6 Å². The minimum Gasteiger partial charge on any atom is -0.383 e. The Morgan fingerprint density at radius 2 is 2.06 bits per heavy atom. The van der Waals surface area contributed by atoms with Crippen LogP contribution < -0.4 is 5.73 Å². The largest absolute Gasteiger partial charge is 0.383 e. The van der Waals surface area contributed by atoms with Crippen molar-refractivity contribution in [3.05, 3.63) is 43.0 Å². The lowest BCUT2D eigenvalue weighted by Gasteiger charge is -2.06. The summed E-state index contributed by atoms with van der Waals surface area (Å²) in [5, 5.41) is 4.11. The SMILES string of the molecule is Nc1c(-c2cccnc2)cnc2ccnn12. The van der Waals surface area contributed by atoms with Crippen LogP contribution in [0.25, 0.3) is 16.8 Å². The Morgan fingerprint density at radius 1 is 1.12 bits per heavy atom. The van der Waals surface area contributed by atoms with E-state index in [4.69, 9.17) is 5.73 Å². The van der Waals surface area contributed by atoms with Gasteiger partial charge in [0.1, 0.15) is 5.82 Å². The predicted octanol–water partition coefficient (Wildman–Crippen LogP) is 1.37. The fraction of sp³-hybridized carbons (Fsp3) is 0. The first-order chi connectivity index (χ1) is 7.86. The van der Waals surface area contributed by atoms with Crippen molar-refractivity contribution in [3.8, 4) is 11.1 Å². The van der Waals surface area contributed by atoms with Gasteiger partial charge in [0.15, 0.2) is 5.65 Å². The van der Waals surface area contributed by atoms with E-state index in [0.29, 0.717) is 5.82 Å². The minimum absolute atomic E-state index is 0.572. The first-order valence-electron chi connectivity index (χ1n) is 4.85. The number of nitrogens with zero attached hydrogens (tertiary/aromatic N) is 4. The molecular formula is C11H9N5. The maximum atomic E-state index is 6.03. The molecule has 0 bridgehead atoms. The Balaban J connectivity index is 2.28. The Kier molecular flexibility index (Phi) is 1.83. The van der Waals surface area contributed by atoms with E-state index in [1.165, 1.54) is 0 Å². The lowest BCUT2D eigenvalue weighted by molar-refractivity contribution is 0.954. The highest BCUT2D eigenvalue weighted by molar-refractivity contribution is 5.74.